The first kappa shape index (κ1) is 22.5. The molecule has 1 N–H and O–H groups in total. The van der Waals surface area contributed by atoms with E-state index in [1.807, 2.05) is 13.8 Å². The normalized spacial score (nSPS) is 10.7. The molecule has 0 aliphatic carbocycles. The molecule has 6 nitrogen and oxygen atoms in total. The average Bonchev–Trinajstić information content (AvgIpc) is 3.09. The minimum absolute atomic E-state index is 0.152. The molecule has 0 bridgehead atoms. The molecule has 0 radical (unpaired) electrons. The highest BCUT2D eigenvalue weighted by molar-refractivity contribution is 6.07. The summed E-state index contributed by atoms with van der Waals surface area (Å²) in [7, 11) is 1.51. The summed E-state index contributed by atoms with van der Waals surface area (Å²) >= 11 is 0. The molecular formula is C25H23FN4O2. The second-order valence-electron chi connectivity index (χ2n) is 7.10. The molecule has 32 heavy (non-hydrogen) atoms. The number of amides is 2. The number of anilines is 1. The fraction of sp³-hybridized carbons (Fsp3) is 0.160. The van der Waals surface area contributed by atoms with Crippen molar-refractivity contribution in [1.29, 1.82) is 0 Å². The number of carbonyl (C=O) groups is 2. The Morgan fingerprint density at radius 3 is 2.59 bits per heavy atom. The molecule has 0 aliphatic rings. The lowest BCUT2D eigenvalue weighted by Gasteiger charge is -2.20. The van der Waals surface area contributed by atoms with Gasteiger partial charge >= 0.3 is 0 Å². The maximum absolute atomic E-state index is 13.3. The van der Waals surface area contributed by atoms with Crippen LogP contribution in [0.2, 0.25) is 0 Å². The first-order valence-corrected chi connectivity index (χ1v) is 9.93. The number of likely N-dealkylation sites (N-methyl/N-ethyl adjacent to an activating group) is 1. The number of hydrogen-bond donors (Lipinski definition) is 1. The fourth-order valence-corrected chi connectivity index (χ4v) is 3.26. The Morgan fingerprint density at radius 1 is 1.22 bits per heavy atom. The van der Waals surface area contributed by atoms with Crippen LogP contribution in [0.5, 0.6) is 0 Å². The number of nitrogens with zero attached hydrogens (tertiary/aromatic N) is 3. The summed E-state index contributed by atoms with van der Waals surface area (Å²) in [5.74, 6) is 1.51. The molecule has 1 aromatic heterocycles. The fourth-order valence-electron chi connectivity index (χ4n) is 3.26. The Balaban J connectivity index is 1.92. The van der Waals surface area contributed by atoms with Crippen LogP contribution >= 0.6 is 0 Å². The van der Waals surface area contributed by atoms with E-state index in [1.165, 1.54) is 30.2 Å². The average molecular weight is 430 g/mol. The van der Waals surface area contributed by atoms with Gasteiger partial charge in [-0.25, -0.2) is 9.07 Å². The third-order valence-corrected chi connectivity index (χ3v) is 4.98. The van der Waals surface area contributed by atoms with Gasteiger partial charge in [0.05, 0.1) is 11.4 Å². The zero-order valence-corrected chi connectivity index (χ0v) is 18.1. The van der Waals surface area contributed by atoms with Crippen molar-refractivity contribution in [2.45, 2.75) is 13.8 Å². The van der Waals surface area contributed by atoms with E-state index in [2.05, 4.69) is 16.3 Å². The Bertz CT molecular complexity index is 1220. The van der Waals surface area contributed by atoms with Gasteiger partial charge in [-0.2, -0.15) is 5.10 Å². The van der Waals surface area contributed by atoms with E-state index in [-0.39, 0.29) is 24.2 Å². The summed E-state index contributed by atoms with van der Waals surface area (Å²) in [6.45, 7) is 3.54. The zero-order valence-electron chi connectivity index (χ0n) is 18.1. The molecule has 3 rings (SSSR count). The SMILES string of the molecule is C#Cc1cccc(N(CC(=O)NC)C(=O)/C=C/c2c(C)nn(-c3ccc(F)cc3)c2C)c1. The van der Waals surface area contributed by atoms with E-state index < -0.39 is 0 Å². The van der Waals surface area contributed by atoms with Crippen LogP contribution in [0.1, 0.15) is 22.5 Å². The number of halogens is 1. The summed E-state index contributed by atoms with van der Waals surface area (Å²) in [6, 6.07) is 12.9. The van der Waals surface area contributed by atoms with E-state index in [9.17, 15) is 14.0 Å². The lowest BCUT2D eigenvalue weighted by molar-refractivity contribution is -0.121. The molecule has 0 saturated carbocycles. The molecule has 0 aliphatic heterocycles. The number of terminal acetylenes is 1. The number of aromatic nitrogens is 2. The predicted molar refractivity (Wildman–Crippen MR) is 123 cm³/mol. The largest absolute Gasteiger partial charge is 0.358 e. The van der Waals surface area contributed by atoms with Crippen LogP contribution in [0.25, 0.3) is 11.8 Å². The van der Waals surface area contributed by atoms with Crippen molar-refractivity contribution in [2.24, 2.45) is 0 Å². The summed E-state index contributed by atoms with van der Waals surface area (Å²) in [5.41, 5.74) is 4.11. The summed E-state index contributed by atoms with van der Waals surface area (Å²) in [5, 5.41) is 7.04. The van der Waals surface area contributed by atoms with Crippen molar-refractivity contribution < 1.29 is 14.0 Å². The van der Waals surface area contributed by atoms with Crippen molar-refractivity contribution >= 4 is 23.6 Å². The van der Waals surface area contributed by atoms with Gasteiger partial charge < -0.3 is 5.32 Å². The minimum Gasteiger partial charge on any atom is -0.358 e. The van der Waals surface area contributed by atoms with Crippen LogP contribution in [0.3, 0.4) is 0 Å². The first-order chi connectivity index (χ1) is 15.3. The van der Waals surface area contributed by atoms with Crippen LogP contribution in [-0.4, -0.2) is 35.2 Å². The van der Waals surface area contributed by atoms with Crippen LogP contribution in [0.4, 0.5) is 10.1 Å². The Morgan fingerprint density at radius 2 is 1.94 bits per heavy atom. The number of hydrogen-bond acceptors (Lipinski definition) is 3. The van der Waals surface area contributed by atoms with Gasteiger partial charge in [0.15, 0.2) is 0 Å². The van der Waals surface area contributed by atoms with Gasteiger partial charge in [-0.3, -0.25) is 14.5 Å². The van der Waals surface area contributed by atoms with Gasteiger partial charge in [-0.15, -0.1) is 6.42 Å². The number of benzene rings is 2. The van der Waals surface area contributed by atoms with Gasteiger partial charge in [-0.1, -0.05) is 12.0 Å². The molecule has 162 valence electrons. The highest BCUT2D eigenvalue weighted by Gasteiger charge is 2.18. The molecule has 0 atom stereocenters. The third kappa shape index (κ3) is 4.93. The van der Waals surface area contributed by atoms with Crippen molar-refractivity contribution in [3.63, 3.8) is 0 Å². The lowest BCUT2D eigenvalue weighted by Crippen LogP contribution is -2.39. The maximum Gasteiger partial charge on any atom is 0.251 e. The quantitative estimate of drug-likeness (QED) is 0.482. The van der Waals surface area contributed by atoms with Gasteiger partial charge in [0.25, 0.3) is 5.91 Å². The minimum atomic E-state index is -0.379. The van der Waals surface area contributed by atoms with Crippen molar-refractivity contribution in [2.75, 3.05) is 18.5 Å². The number of rotatable bonds is 6. The number of carbonyl (C=O) groups excluding carboxylic acids is 2. The van der Waals surface area contributed by atoms with E-state index in [0.29, 0.717) is 22.6 Å². The highest BCUT2D eigenvalue weighted by atomic mass is 19.1. The van der Waals surface area contributed by atoms with Crippen molar-refractivity contribution in [1.82, 2.24) is 15.1 Å². The molecule has 1 heterocycles. The number of nitrogens with one attached hydrogen (secondary N) is 1. The Labute approximate surface area is 186 Å². The molecule has 0 spiro atoms. The highest BCUT2D eigenvalue weighted by Crippen LogP contribution is 2.21. The van der Waals surface area contributed by atoms with Crippen LogP contribution in [-0.2, 0) is 9.59 Å². The Hall–Kier alpha value is -4.18. The van der Waals surface area contributed by atoms with Crippen LogP contribution in [0, 0.1) is 32.0 Å². The molecule has 2 aromatic carbocycles. The van der Waals surface area contributed by atoms with Crippen molar-refractivity contribution in [3.05, 3.63) is 82.9 Å². The standard InChI is InChI=1S/C25H23FN4O2/c1-5-19-7-6-8-22(15-19)29(16-24(31)27-4)25(32)14-13-23-17(2)28-30(18(23)3)21-11-9-20(26)10-12-21/h1,6-15H,16H2,2-4H3,(H,27,31)/b14-13+. The van der Waals surface area contributed by atoms with Gasteiger partial charge in [0.1, 0.15) is 12.4 Å². The van der Waals surface area contributed by atoms with Gasteiger partial charge in [0, 0.05) is 35.6 Å². The lowest BCUT2D eigenvalue weighted by atomic mass is 10.1. The monoisotopic (exact) mass is 430 g/mol. The van der Waals surface area contributed by atoms with E-state index in [0.717, 1.165) is 11.3 Å². The smallest absolute Gasteiger partial charge is 0.251 e. The third-order valence-electron chi connectivity index (χ3n) is 4.98. The molecule has 7 heteroatoms. The maximum atomic E-state index is 13.3. The van der Waals surface area contributed by atoms with E-state index in [1.54, 1.807) is 47.2 Å². The van der Waals surface area contributed by atoms with Crippen molar-refractivity contribution in [3.8, 4) is 18.0 Å². The van der Waals surface area contributed by atoms with E-state index >= 15 is 0 Å². The first-order valence-electron chi connectivity index (χ1n) is 9.93. The molecule has 0 saturated heterocycles. The summed E-state index contributed by atoms with van der Waals surface area (Å²) in [4.78, 5) is 26.4. The van der Waals surface area contributed by atoms with Crippen LogP contribution < -0.4 is 10.2 Å². The van der Waals surface area contributed by atoms with Gasteiger partial charge in [-0.05, 0) is 62.4 Å². The second kappa shape index (κ2) is 9.75. The molecular weight excluding hydrogens is 407 g/mol. The zero-order chi connectivity index (χ0) is 23.3. The van der Waals surface area contributed by atoms with E-state index in [4.69, 9.17) is 6.42 Å². The molecule has 0 unspecified atom stereocenters. The Kier molecular flexibility index (Phi) is 6.86. The topological polar surface area (TPSA) is 67.2 Å². The summed E-state index contributed by atoms with van der Waals surface area (Å²) < 4.78 is 14.9. The summed E-state index contributed by atoms with van der Waals surface area (Å²) in [6.07, 6.45) is 8.54. The molecule has 0 fully saturated rings. The van der Waals surface area contributed by atoms with Gasteiger partial charge in [0.2, 0.25) is 5.91 Å². The second-order valence-corrected chi connectivity index (χ2v) is 7.10. The van der Waals surface area contributed by atoms with Crippen LogP contribution in [0.15, 0.2) is 54.6 Å². The molecule has 3 aromatic rings. The molecule has 2 amide bonds. The number of aryl methyl sites for hydroxylation is 1. The predicted octanol–water partition coefficient (Wildman–Crippen LogP) is 3.40.